The molecule has 1 N–H and O–H groups in total. The van der Waals surface area contributed by atoms with Crippen LogP contribution < -0.4 is 5.32 Å². The van der Waals surface area contributed by atoms with E-state index < -0.39 is 5.41 Å². The van der Waals surface area contributed by atoms with Crippen LogP contribution in [0.15, 0.2) is 42.6 Å². The van der Waals surface area contributed by atoms with Crippen LogP contribution in [0.1, 0.15) is 29.7 Å². The highest BCUT2D eigenvalue weighted by atomic mass is 19.1. The lowest BCUT2D eigenvalue weighted by Gasteiger charge is -2.15. The molecule has 0 unspecified atom stereocenters. The third-order valence-electron chi connectivity index (χ3n) is 4.01. The highest BCUT2D eigenvalue weighted by molar-refractivity contribution is 5.91. The van der Waals surface area contributed by atoms with Crippen LogP contribution in [-0.2, 0) is 16.8 Å². The Bertz CT molecular complexity index is 645. The highest BCUT2D eigenvalue weighted by Crippen LogP contribution is 2.48. The van der Waals surface area contributed by atoms with Gasteiger partial charge in [0, 0.05) is 18.4 Å². The van der Waals surface area contributed by atoms with Crippen molar-refractivity contribution < 1.29 is 9.18 Å². The summed E-state index contributed by atoms with van der Waals surface area (Å²) in [6.07, 6.45) is 3.40. The largest absolute Gasteiger partial charge is 0.351 e. The quantitative estimate of drug-likeness (QED) is 0.938. The maximum absolute atomic E-state index is 13.0. The lowest BCUT2D eigenvalue weighted by Crippen LogP contribution is -2.34. The number of nitrogens with zero attached hydrogens (tertiary/aromatic N) is 1. The molecule has 0 spiro atoms. The summed E-state index contributed by atoms with van der Waals surface area (Å²) in [5, 5.41) is 2.96. The summed E-state index contributed by atoms with van der Waals surface area (Å²) in [5.74, 6) is -0.268. The molecule has 1 aromatic carbocycles. The van der Waals surface area contributed by atoms with Crippen molar-refractivity contribution in [2.75, 3.05) is 0 Å². The minimum absolute atomic E-state index is 0.00897. The fourth-order valence-corrected chi connectivity index (χ4v) is 2.50. The first-order chi connectivity index (χ1) is 10.1. The number of aromatic nitrogens is 1. The van der Waals surface area contributed by atoms with E-state index in [0.29, 0.717) is 6.54 Å². The molecule has 1 amide bonds. The molecular formula is C17H17FN2O. The van der Waals surface area contributed by atoms with E-state index in [-0.39, 0.29) is 11.7 Å². The maximum atomic E-state index is 13.0. The summed E-state index contributed by atoms with van der Waals surface area (Å²) in [6.45, 7) is 2.39. The third-order valence-corrected chi connectivity index (χ3v) is 4.01. The summed E-state index contributed by atoms with van der Waals surface area (Å²) in [5.41, 5.74) is 2.36. The predicted molar refractivity (Wildman–Crippen MR) is 78.1 cm³/mol. The van der Waals surface area contributed by atoms with E-state index >= 15 is 0 Å². The van der Waals surface area contributed by atoms with Crippen LogP contribution in [0.3, 0.4) is 0 Å². The van der Waals surface area contributed by atoms with Crippen LogP contribution >= 0.6 is 0 Å². The number of carbonyl (C=O) groups excluding carboxylic acids is 1. The van der Waals surface area contributed by atoms with Gasteiger partial charge in [-0.15, -0.1) is 0 Å². The van der Waals surface area contributed by atoms with Gasteiger partial charge in [-0.25, -0.2) is 4.39 Å². The second kappa shape index (κ2) is 5.28. The van der Waals surface area contributed by atoms with Crippen molar-refractivity contribution in [3.63, 3.8) is 0 Å². The van der Waals surface area contributed by atoms with Crippen LogP contribution in [0, 0.1) is 12.7 Å². The number of amides is 1. The van der Waals surface area contributed by atoms with Crippen LogP contribution in [0.5, 0.6) is 0 Å². The molecule has 2 aromatic rings. The summed E-state index contributed by atoms with van der Waals surface area (Å²) >= 11 is 0. The van der Waals surface area contributed by atoms with E-state index in [2.05, 4.69) is 10.3 Å². The van der Waals surface area contributed by atoms with Gasteiger partial charge in [0.25, 0.3) is 0 Å². The molecule has 1 saturated carbocycles. The first-order valence-electron chi connectivity index (χ1n) is 7.06. The second-order valence-corrected chi connectivity index (χ2v) is 5.58. The summed E-state index contributed by atoms with van der Waals surface area (Å²) in [4.78, 5) is 16.6. The third kappa shape index (κ3) is 2.79. The average molecular weight is 284 g/mol. The van der Waals surface area contributed by atoms with E-state index in [4.69, 9.17) is 0 Å². The Morgan fingerprint density at radius 2 is 1.95 bits per heavy atom. The van der Waals surface area contributed by atoms with Crippen molar-refractivity contribution in [3.8, 4) is 0 Å². The standard InChI is InChI=1S/C17H17FN2O/c1-12-2-3-13(10-19-12)11-20-16(21)17(8-9-17)14-4-6-15(18)7-5-14/h2-7,10H,8-9,11H2,1H3,(H,20,21). The highest BCUT2D eigenvalue weighted by Gasteiger charge is 2.51. The minimum Gasteiger partial charge on any atom is -0.351 e. The molecule has 1 heterocycles. The van der Waals surface area contributed by atoms with Crippen LogP contribution in [-0.4, -0.2) is 10.9 Å². The summed E-state index contributed by atoms with van der Waals surface area (Å²) in [7, 11) is 0. The molecule has 1 aliphatic rings. The molecule has 1 fully saturated rings. The van der Waals surface area contributed by atoms with Crippen molar-refractivity contribution >= 4 is 5.91 Å². The Labute approximate surface area is 123 Å². The first kappa shape index (κ1) is 13.7. The van der Waals surface area contributed by atoms with Gasteiger partial charge >= 0.3 is 0 Å². The smallest absolute Gasteiger partial charge is 0.230 e. The number of rotatable bonds is 4. The topological polar surface area (TPSA) is 42.0 Å². The lowest BCUT2D eigenvalue weighted by molar-refractivity contribution is -0.123. The van der Waals surface area contributed by atoms with Gasteiger partial charge in [-0.3, -0.25) is 9.78 Å². The van der Waals surface area contributed by atoms with Crippen LogP contribution in [0.2, 0.25) is 0 Å². The number of halogens is 1. The van der Waals surface area contributed by atoms with Crippen LogP contribution in [0.25, 0.3) is 0 Å². The van der Waals surface area contributed by atoms with E-state index in [1.165, 1.54) is 12.1 Å². The number of pyridine rings is 1. The van der Waals surface area contributed by atoms with Gasteiger partial charge in [-0.1, -0.05) is 18.2 Å². The Kier molecular flexibility index (Phi) is 3.45. The van der Waals surface area contributed by atoms with Gasteiger partial charge in [0.05, 0.1) is 5.41 Å². The van der Waals surface area contributed by atoms with Crippen LogP contribution in [0.4, 0.5) is 4.39 Å². The summed E-state index contributed by atoms with van der Waals surface area (Å²) < 4.78 is 13.0. The number of benzene rings is 1. The van der Waals surface area contributed by atoms with Gasteiger partial charge in [0.1, 0.15) is 5.82 Å². The molecule has 4 heteroatoms. The van der Waals surface area contributed by atoms with E-state index in [9.17, 15) is 9.18 Å². The van der Waals surface area contributed by atoms with E-state index in [1.807, 2.05) is 19.1 Å². The predicted octanol–water partition coefficient (Wildman–Crippen LogP) is 2.88. The van der Waals surface area contributed by atoms with Gasteiger partial charge in [-0.2, -0.15) is 0 Å². The zero-order valence-corrected chi connectivity index (χ0v) is 11.9. The van der Waals surface area contributed by atoms with Gasteiger partial charge in [0.15, 0.2) is 0 Å². The number of aryl methyl sites for hydroxylation is 1. The number of hydrogen-bond donors (Lipinski definition) is 1. The van der Waals surface area contributed by atoms with E-state index in [1.54, 1.807) is 18.3 Å². The number of carbonyl (C=O) groups is 1. The molecule has 0 bridgehead atoms. The molecule has 0 radical (unpaired) electrons. The Balaban J connectivity index is 1.67. The van der Waals surface area contributed by atoms with Crippen molar-refractivity contribution in [2.45, 2.75) is 31.7 Å². The summed E-state index contributed by atoms with van der Waals surface area (Å²) in [6, 6.07) is 10.1. The maximum Gasteiger partial charge on any atom is 0.230 e. The van der Waals surface area contributed by atoms with Gasteiger partial charge < -0.3 is 5.32 Å². The average Bonchev–Trinajstić information content (AvgIpc) is 3.29. The van der Waals surface area contributed by atoms with Crippen molar-refractivity contribution in [2.24, 2.45) is 0 Å². The molecule has 108 valence electrons. The molecule has 0 atom stereocenters. The van der Waals surface area contributed by atoms with Crippen molar-refractivity contribution in [1.29, 1.82) is 0 Å². The molecule has 1 aromatic heterocycles. The van der Waals surface area contributed by atoms with Gasteiger partial charge in [0.2, 0.25) is 5.91 Å². The molecule has 3 rings (SSSR count). The molecule has 0 aliphatic heterocycles. The zero-order chi connectivity index (χ0) is 14.9. The molecule has 3 nitrogen and oxygen atoms in total. The number of nitrogens with one attached hydrogen (secondary N) is 1. The molecule has 1 aliphatic carbocycles. The lowest BCUT2D eigenvalue weighted by atomic mass is 9.95. The molecule has 21 heavy (non-hydrogen) atoms. The Hall–Kier alpha value is -2.23. The Morgan fingerprint density at radius 3 is 2.52 bits per heavy atom. The van der Waals surface area contributed by atoms with E-state index in [0.717, 1.165) is 29.7 Å². The zero-order valence-electron chi connectivity index (χ0n) is 11.9. The normalized spacial score (nSPS) is 15.5. The van der Waals surface area contributed by atoms with Crippen molar-refractivity contribution in [3.05, 3.63) is 65.2 Å². The molecular weight excluding hydrogens is 267 g/mol. The van der Waals surface area contributed by atoms with Crippen molar-refractivity contribution in [1.82, 2.24) is 10.3 Å². The minimum atomic E-state index is -0.466. The molecule has 0 saturated heterocycles. The SMILES string of the molecule is Cc1ccc(CNC(=O)C2(c3ccc(F)cc3)CC2)cn1. The number of hydrogen-bond acceptors (Lipinski definition) is 2. The monoisotopic (exact) mass is 284 g/mol. The fraction of sp³-hybridized carbons (Fsp3) is 0.294. The van der Waals surface area contributed by atoms with Gasteiger partial charge in [-0.05, 0) is 49.1 Å². The fourth-order valence-electron chi connectivity index (χ4n) is 2.50. The Morgan fingerprint density at radius 1 is 1.24 bits per heavy atom. The first-order valence-corrected chi connectivity index (χ1v) is 7.06. The second-order valence-electron chi connectivity index (χ2n) is 5.58.